The van der Waals surface area contributed by atoms with Crippen molar-refractivity contribution in [3.63, 3.8) is 0 Å². The van der Waals surface area contributed by atoms with Crippen LogP contribution in [0, 0.1) is 0 Å². The number of hydrogen-bond acceptors (Lipinski definition) is 6. The Bertz CT molecular complexity index is 596. The summed E-state index contributed by atoms with van der Waals surface area (Å²) in [6.07, 6.45) is 2.59. The van der Waals surface area contributed by atoms with Crippen molar-refractivity contribution in [1.82, 2.24) is 24.9 Å². The summed E-state index contributed by atoms with van der Waals surface area (Å²) in [6.45, 7) is 4.86. The van der Waals surface area contributed by atoms with E-state index in [-0.39, 0.29) is 5.95 Å². The van der Waals surface area contributed by atoms with Gasteiger partial charge in [-0.15, -0.1) is 0 Å². The van der Waals surface area contributed by atoms with Crippen LogP contribution in [0.5, 0.6) is 0 Å². The molecule has 0 unspecified atom stereocenters. The molecule has 0 aliphatic carbocycles. The number of aromatic nitrogens is 4. The molecule has 7 nitrogen and oxygen atoms in total. The van der Waals surface area contributed by atoms with Crippen LogP contribution in [-0.2, 0) is 0 Å². The van der Waals surface area contributed by atoms with Crippen molar-refractivity contribution in [2.75, 3.05) is 30.3 Å². The lowest BCUT2D eigenvalue weighted by atomic mass is 10.1. The molecule has 0 saturated carbocycles. The predicted octanol–water partition coefficient (Wildman–Crippen LogP) is 0.548. The van der Waals surface area contributed by atoms with E-state index in [1.807, 2.05) is 0 Å². The standard InChI is InChI=1S/C11H16ClN7/c1-2-7-5-14-3-4-18(7)11-17-10(13)16-9-8(12)6-15-19(9)11/h6-7,14H,2-5H2,1H3,(H2,13,16)/t7-/m0/s1. The smallest absolute Gasteiger partial charge is 0.232 e. The maximum atomic E-state index is 6.07. The van der Waals surface area contributed by atoms with Crippen LogP contribution < -0.4 is 16.0 Å². The third-order valence-corrected chi connectivity index (χ3v) is 3.67. The highest BCUT2D eigenvalue weighted by atomic mass is 35.5. The van der Waals surface area contributed by atoms with Crippen molar-refractivity contribution in [1.29, 1.82) is 0 Å². The van der Waals surface area contributed by atoms with Gasteiger partial charge in [-0.2, -0.15) is 19.6 Å². The van der Waals surface area contributed by atoms with Gasteiger partial charge in [0.05, 0.1) is 6.20 Å². The Balaban J connectivity index is 2.12. The Morgan fingerprint density at radius 3 is 3.16 bits per heavy atom. The Labute approximate surface area is 115 Å². The van der Waals surface area contributed by atoms with E-state index >= 15 is 0 Å². The molecule has 3 heterocycles. The van der Waals surface area contributed by atoms with Gasteiger partial charge in [0.15, 0.2) is 5.65 Å². The molecule has 3 N–H and O–H groups in total. The molecule has 2 aromatic rings. The number of fused-ring (bicyclic) bond motifs is 1. The molecule has 1 saturated heterocycles. The minimum Gasteiger partial charge on any atom is -0.368 e. The minimum atomic E-state index is 0.221. The monoisotopic (exact) mass is 281 g/mol. The summed E-state index contributed by atoms with van der Waals surface area (Å²) < 4.78 is 1.66. The average Bonchev–Trinajstić information content (AvgIpc) is 2.79. The molecule has 1 fully saturated rings. The normalized spacial score (nSPS) is 20.1. The second kappa shape index (κ2) is 4.82. The molecule has 1 aliphatic heterocycles. The Morgan fingerprint density at radius 1 is 1.53 bits per heavy atom. The van der Waals surface area contributed by atoms with Crippen molar-refractivity contribution < 1.29 is 0 Å². The first-order valence-electron chi connectivity index (χ1n) is 6.34. The van der Waals surface area contributed by atoms with Crippen LogP contribution in [0.3, 0.4) is 0 Å². The number of nitrogens with two attached hydrogens (primary N) is 1. The predicted molar refractivity (Wildman–Crippen MR) is 74.5 cm³/mol. The van der Waals surface area contributed by atoms with Crippen LogP contribution in [0.15, 0.2) is 6.20 Å². The van der Waals surface area contributed by atoms with Gasteiger partial charge in [0.1, 0.15) is 5.02 Å². The van der Waals surface area contributed by atoms with Crippen LogP contribution >= 0.6 is 11.6 Å². The van der Waals surface area contributed by atoms with E-state index in [4.69, 9.17) is 17.3 Å². The van der Waals surface area contributed by atoms with E-state index in [0.717, 1.165) is 26.1 Å². The number of nitrogens with zero attached hydrogens (tertiary/aromatic N) is 5. The Hall–Kier alpha value is -1.60. The summed E-state index contributed by atoms with van der Waals surface area (Å²) >= 11 is 6.07. The third kappa shape index (κ3) is 2.08. The second-order valence-corrected chi connectivity index (χ2v) is 4.98. The van der Waals surface area contributed by atoms with Gasteiger partial charge in [-0.05, 0) is 6.42 Å². The molecule has 1 aliphatic rings. The quantitative estimate of drug-likeness (QED) is 0.836. The van der Waals surface area contributed by atoms with Gasteiger partial charge in [0, 0.05) is 25.7 Å². The first kappa shape index (κ1) is 12.4. The zero-order valence-corrected chi connectivity index (χ0v) is 11.4. The SMILES string of the molecule is CC[C@H]1CNCCN1c1nc(N)nc2c(Cl)cnn12. The van der Waals surface area contributed by atoms with Crippen LogP contribution in [0.2, 0.25) is 5.02 Å². The Kier molecular flexibility index (Phi) is 3.16. The van der Waals surface area contributed by atoms with E-state index in [1.54, 1.807) is 10.7 Å². The molecule has 0 spiro atoms. The van der Waals surface area contributed by atoms with E-state index in [0.29, 0.717) is 22.7 Å². The van der Waals surface area contributed by atoms with Crippen LogP contribution in [0.4, 0.5) is 11.9 Å². The molecular formula is C11H16ClN7. The summed E-state index contributed by atoms with van der Waals surface area (Å²) in [5.41, 5.74) is 6.34. The van der Waals surface area contributed by atoms with Gasteiger partial charge in [0.2, 0.25) is 11.9 Å². The number of hydrogen-bond donors (Lipinski definition) is 2. The molecule has 3 rings (SSSR count). The van der Waals surface area contributed by atoms with Crippen LogP contribution in [0.25, 0.3) is 5.65 Å². The van der Waals surface area contributed by atoms with Crippen molar-refractivity contribution in [2.45, 2.75) is 19.4 Å². The number of piperazine rings is 1. The molecule has 19 heavy (non-hydrogen) atoms. The fourth-order valence-electron chi connectivity index (χ4n) is 2.43. The van der Waals surface area contributed by atoms with Crippen molar-refractivity contribution in [3.8, 4) is 0 Å². The summed E-state index contributed by atoms with van der Waals surface area (Å²) in [5, 5.41) is 8.11. The van der Waals surface area contributed by atoms with E-state index < -0.39 is 0 Å². The molecule has 8 heteroatoms. The molecule has 0 aromatic carbocycles. The minimum absolute atomic E-state index is 0.221. The number of halogens is 1. The lowest BCUT2D eigenvalue weighted by Gasteiger charge is -2.36. The molecule has 102 valence electrons. The van der Waals surface area contributed by atoms with Crippen LogP contribution in [0.1, 0.15) is 13.3 Å². The van der Waals surface area contributed by atoms with Crippen molar-refractivity contribution in [3.05, 3.63) is 11.2 Å². The second-order valence-electron chi connectivity index (χ2n) is 4.57. The van der Waals surface area contributed by atoms with Gasteiger partial charge in [-0.25, -0.2) is 0 Å². The lowest BCUT2D eigenvalue weighted by molar-refractivity contribution is 0.456. The zero-order chi connectivity index (χ0) is 13.4. The van der Waals surface area contributed by atoms with E-state index in [1.165, 1.54) is 0 Å². The summed E-state index contributed by atoms with van der Waals surface area (Å²) in [5.74, 6) is 0.932. The van der Waals surface area contributed by atoms with Crippen molar-refractivity contribution in [2.24, 2.45) is 0 Å². The third-order valence-electron chi connectivity index (χ3n) is 3.40. The topological polar surface area (TPSA) is 84.4 Å². The zero-order valence-electron chi connectivity index (χ0n) is 10.7. The van der Waals surface area contributed by atoms with E-state index in [2.05, 4.69) is 32.2 Å². The van der Waals surface area contributed by atoms with Gasteiger partial charge in [-0.1, -0.05) is 18.5 Å². The molecule has 0 bridgehead atoms. The van der Waals surface area contributed by atoms with Crippen molar-refractivity contribution >= 4 is 29.1 Å². The average molecular weight is 282 g/mol. The molecule has 2 aromatic heterocycles. The maximum Gasteiger partial charge on any atom is 0.232 e. The summed E-state index contributed by atoms with van der Waals surface area (Å²) in [6, 6.07) is 0.370. The summed E-state index contributed by atoms with van der Waals surface area (Å²) in [7, 11) is 0. The molecule has 0 radical (unpaired) electrons. The molecular weight excluding hydrogens is 266 g/mol. The van der Waals surface area contributed by atoms with Crippen LogP contribution in [-0.4, -0.2) is 45.3 Å². The lowest BCUT2D eigenvalue weighted by Crippen LogP contribution is -2.52. The number of rotatable bonds is 2. The highest BCUT2D eigenvalue weighted by molar-refractivity contribution is 6.33. The van der Waals surface area contributed by atoms with Gasteiger partial charge < -0.3 is 16.0 Å². The number of nitrogen functional groups attached to an aromatic ring is 1. The molecule has 1 atom stereocenters. The van der Waals surface area contributed by atoms with Gasteiger partial charge in [0.25, 0.3) is 0 Å². The Morgan fingerprint density at radius 2 is 2.37 bits per heavy atom. The van der Waals surface area contributed by atoms with Gasteiger partial charge in [-0.3, -0.25) is 0 Å². The number of anilines is 2. The first-order chi connectivity index (χ1) is 9.20. The maximum absolute atomic E-state index is 6.07. The first-order valence-corrected chi connectivity index (χ1v) is 6.72. The van der Waals surface area contributed by atoms with Gasteiger partial charge >= 0.3 is 0 Å². The largest absolute Gasteiger partial charge is 0.368 e. The summed E-state index contributed by atoms with van der Waals surface area (Å²) in [4.78, 5) is 10.7. The highest BCUT2D eigenvalue weighted by Crippen LogP contribution is 2.23. The number of nitrogens with one attached hydrogen (secondary N) is 1. The fourth-order valence-corrected chi connectivity index (χ4v) is 2.59. The molecule has 0 amide bonds. The fraction of sp³-hybridized carbons (Fsp3) is 0.545. The highest BCUT2D eigenvalue weighted by Gasteiger charge is 2.25. The van der Waals surface area contributed by atoms with E-state index in [9.17, 15) is 0 Å².